The Kier molecular flexibility index (Phi) is 6.48. The molecule has 0 spiro atoms. The number of hydrogen-bond donors (Lipinski definition) is 2. The van der Waals surface area contributed by atoms with Crippen LogP contribution in [-0.4, -0.2) is 29.9 Å². The molecule has 9 heteroatoms. The third-order valence-corrected chi connectivity index (χ3v) is 5.40. The molecule has 0 aliphatic heterocycles. The van der Waals surface area contributed by atoms with E-state index < -0.39 is 17.6 Å². The summed E-state index contributed by atoms with van der Waals surface area (Å²) in [4.78, 5) is 29.2. The lowest BCUT2D eigenvalue weighted by Gasteiger charge is -2.13. The molecule has 0 fully saturated rings. The maximum absolute atomic E-state index is 12.5. The van der Waals surface area contributed by atoms with Crippen molar-refractivity contribution in [2.75, 3.05) is 13.1 Å². The van der Waals surface area contributed by atoms with Crippen LogP contribution in [0.25, 0.3) is 0 Å². The number of amides is 2. The predicted molar refractivity (Wildman–Crippen MR) is 102 cm³/mol. The van der Waals surface area contributed by atoms with Crippen molar-refractivity contribution in [3.8, 4) is 0 Å². The number of hydrogen-bond acceptors (Lipinski definition) is 4. The minimum absolute atomic E-state index is 0.118. The molecule has 1 aromatic heterocycles. The second-order valence-electron chi connectivity index (χ2n) is 7.27. The van der Waals surface area contributed by atoms with E-state index in [2.05, 4.69) is 15.6 Å². The summed E-state index contributed by atoms with van der Waals surface area (Å²) in [5.74, 6) is -0.777. The average molecular weight is 413 g/mol. The molecule has 0 aliphatic carbocycles. The van der Waals surface area contributed by atoms with Crippen LogP contribution in [0, 0.1) is 6.92 Å². The van der Waals surface area contributed by atoms with Gasteiger partial charge in [0.1, 0.15) is 4.88 Å². The maximum atomic E-state index is 12.5. The van der Waals surface area contributed by atoms with Crippen LogP contribution >= 0.6 is 11.3 Å². The van der Waals surface area contributed by atoms with E-state index in [1.54, 1.807) is 6.92 Å². The summed E-state index contributed by atoms with van der Waals surface area (Å²) in [5.41, 5.74) is -0.191. The first-order valence-electron chi connectivity index (χ1n) is 8.61. The van der Waals surface area contributed by atoms with Crippen LogP contribution in [0.2, 0.25) is 0 Å². The molecule has 2 N–H and O–H groups in total. The van der Waals surface area contributed by atoms with Gasteiger partial charge in [0.15, 0.2) is 0 Å². The van der Waals surface area contributed by atoms with Crippen LogP contribution in [0.5, 0.6) is 0 Å². The van der Waals surface area contributed by atoms with Crippen LogP contribution in [0.4, 0.5) is 13.2 Å². The molecule has 2 rings (SSSR count). The van der Waals surface area contributed by atoms with Crippen LogP contribution in [-0.2, 0) is 11.6 Å². The number of thiazole rings is 1. The molecule has 1 aromatic carbocycles. The summed E-state index contributed by atoms with van der Waals surface area (Å²) in [6.07, 6.45) is -4.44. The fourth-order valence-corrected chi connectivity index (χ4v) is 3.31. The molecular weight excluding hydrogens is 391 g/mol. The third-order valence-electron chi connectivity index (χ3n) is 3.81. The first-order chi connectivity index (χ1) is 12.9. The summed E-state index contributed by atoms with van der Waals surface area (Å²) in [6.45, 7) is 8.16. The van der Waals surface area contributed by atoms with E-state index >= 15 is 0 Å². The van der Waals surface area contributed by atoms with Crippen molar-refractivity contribution in [2.24, 2.45) is 0 Å². The highest BCUT2D eigenvalue weighted by Crippen LogP contribution is 2.29. The van der Waals surface area contributed by atoms with E-state index in [-0.39, 0.29) is 30.0 Å². The number of carbonyl (C=O) groups excluding carboxylic acids is 2. The normalized spacial score (nSPS) is 12.0. The molecule has 2 amide bonds. The van der Waals surface area contributed by atoms with Crippen LogP contribution in [0.15, 0.2) is 24.3 Å². The number of aryl methyl sites for hydroxylation is 1. The highest BCUT2D eigenvalue weighted by atomic mass is 32.1. The highest BCUT2D eigenvalue weighted by Gasteiger charge is 2.30. The van der Waals surface area contributed by atoms with Gasteiger partial charge in [-0.05, 0) is 31.2 Å². The zero-order valence-electron chi connectivity index (χ0n) is 16.0. The van der Waals surface area contributed by atoms with Crippen molar-refractivity contribution >= 4 is 23.2 Å². The highest BCUT2D eigenvalue weighted by molar-refractivity contribution is 7.14. The molecule has 2 aromatic rings. The molecule has 0 atom stereocenters. The van der Waals surface area contributed by atoms with Crippen LogP contribution in [0.1, 0.15) is 57.1 Å². The minimum atomic E-state index is -4.44. The zero-order valence-corrected chi connectivity index (χ0v) is 16.8. The lowest BCUT2D eigenvalue weighted by atomic mass is 9.98. The van der Waals surface area contributed by atoms with Gasteiger partial charge in [0, 0.05) is 24.1 Å². The molecule has 0 unspecified atom stereocenters. The van der Waals surface area contributed by atoms with Crippen LogP contribution in [0.3, 0.4) is 0 Å². The Bertz CT molecular complexity index is 853. The van der Waals surface area contributed by atoms with Crippen LogP contribution < -0.4 is 10.6 Å². The lowest BCUT2D eigenvalue weighted by Crippen LogP contribution is -2.34. The fourth-order valence-electron chi connectivity index (χ4n) is 2.27. The number of benzene rings is 1. The average Bonchev–Trinajstić information content (AvgIpc) is 3.00. The molecule has 0 bridgehead atoms. The fraction of sp³-hybridized carbons (Fsp3) is 0.421. The number of nitrogens with zero attached hydrogens (tertiary/aromatic N) is 1. The van der Waals surface area contributed by atoms with Crippen molar-refractivity contribution in [3.63, 3.8) is 0 Å². The summed E-state index contributed by atoms with van der Waals surface area (Å²) >= 11 is 1.34. The summed E-state index contributed by atoms with van der Waals surface area (Å²) in [6, 6.07) is 3.95. The number of alkyl halides is 3. The summed E-state index contributed by atoms with van der Waals surface area (Å²) in [7, 11) is 0. The zero-order chi connectivity index (χ0) is 21.1. The van der Waals surface area contributed by atoms with E-state index in [0.29, 0.717) is 10.6 Å². The van der Waals surface area contributed by atoms with E-state index in [1.165, 1.54) is 11.3 Å². The molecule has 0 aliphatic rings. The van der Waals surface area contributed by atoms with Gasteiger partial charge in [-0.2, -0.15) is 13.2 Å². The molecule has 5 nitrogen and oxygen atoms in total. The van der Waals surface area contributed by atoms with Crippen molar-refractivity contribution in [1.29, 1.82) is 0 Å². The third kappa shape index (κ3) is 5.54. The number of halogens is 3. The quantitative estimate of drug-likeness (QED) is 0.730. The Morgan fingerprint density at radius 2 is 1.54 bits per heavy atom. The second kappa shape index (κ2) is 8.30. The monoisotopic (exact) mass is 413 g/mol. The van der Waals surface area contributed by atoms with Gasteiger partial charge >= 0.3 is 6.18 Å². The topological polar surface area (TPSA) is 71.1 Å². The summed E-state index contributed by atoms with van der Waals surface area (Å²) in [5, 5.41) is 6.14. The number of aromatic nitrogens is 1. The predicted octanol–water partition coefficient (Wildman–Crippen LogP) is 3.93. The molecular formula is C19H22F3N3O2S. The van der Waals surface area contributed by atoms with E-state index in [1.807, 2.05) is 20.8 Å². The van der Waals surface area contributed by atoms with Gasteiger partial charge in [0.05, 0.1) is 16.3 Å². The SMILES string of the molecule is Cc1nc(C(C)(C)C)sc1C(=O)NCCNC(=O)c1ccc(C(F)(F)F)cc1. The molecule has 0 saturated heterocycles. The number of nitrogens with one attached hydrogen (secondary N) is 2. The summed E-state index contributed by atoms with van der Waals surface area (Å²) < 4.78 is 37.6. The Morgan fingerprint density at radius 1 is 1.00 bits per heavy atom. The van der Waals surface area contributed by atoms with Crippen molar-refractivity contribution in [1.82, 2.24) is 15.6 Å². The standard InChI is InChI=1S/C19H22F3N3O2S/c1-11-14(28-17(25-11)18(2,3)4)16(27)24-10-9-23-15(26)12-5-7-13(8-6-12)19(20,21)22/h5-8H,9-10H2,1-4H3,(H,23,26)(H,24,27). The first-order valence-corrected chi connectivity index (χ1v) is 9.43. The first kappa shape index (κ1) is 21.9. The van der Waals surface area contributed by atoms with Gasteiger partial charge in [-0.25, -0.2) is 4.98 Å². The Hall–Kier alpha value is -2.42. The van der Waals surface area contributed by atoms with Crippen molar-refractivity contribution in [2.45, 2.75) is 39.3 Å². The number of rotatable bonds is 5. The number of carbonyl (C=O) groups is 2. The largest absolute Gasteiger partial charge is 0.416 e. The van der Waals surface area contributed by atoms with E-state index in [4.69, 9.17) is 0 Å². The molecule has 0 saturated carbocycles. The second-order valence-corrected chi connectivity index (χ2v) is 8.27. The van der Waals surface area contributed by atoms with Gasteiger partial charge in [0.25, 0.3) is 11.8 Å². The van der Waals surface area contributed by atoms with Crippen molar-refractivity contribution in [3.05, 3.63) is 51.0 Å². The van der Waals surface area contributed by atoms with Gasteiger partial charge < -0.3 is 10.6 Å². The van der Waals surface area contributed by atoms with Crippen molar-refractivity contribution < 1.29 is 22.8 Å². The van der Waals surface area contributed by atoms with Gasteiger partial charge in [-0.15, -0.1) is 11.3 Å². The Labute approximate surface area is 165 Å². The molecule has 28 heavy (non-hydrogen) atoms. The Morgan fingerprint density at radius 3 is 2.00 bits per heavy atom. The minimum Gasteiger partial charge on any atom is -0.350 e. The van der Waals surface area contributed by atoms with Gasteiger partial charge in [0.2, 0.25) is 0 Å². The lowest BCUT2D eigenvalue weighted by molar-refractivity contribution is -0.137. The smallest absolute Gasteiger partial charge is 0.350 e. The molecule has 0 radical (unpaired) electrons. The Balaban J connectivity index is 1.85. The van der Waals surface area contributed by atoms with Gasteiger partial charge in [-0.1, -0.05) is 20.8 Å². The van der Waals surface area contributed by atoms with E-state index in [0.717, 1.165) is 29.3 Å². The van der Waals surface area contributed by atoms with E-state index in [9.17, 15) is 22.8 Å². The van der Waals surface area contributed by atoms with Gasteiger partial charge in [-0.3, -0.25) is 9.59 Å². The molecule has 1 heterocycles. The maximum Gasteiger partial charge on any atom is 0.416 e. The molecule has 152 valence electrons.